The molecule has 1 spiro atoms. The van der Waals surface area contributed by atoms with Crippen LogP contribution in [0.15, 0.2) is 23.3 Å². The van der Waals surface area contributed by atoms with E-state index in [-0.39, 0.29) is 24.4 Å². The molecular formula is C28H40N4O6. The Morgan fingerprint density at radius 2 is 1.74 bits per heavy atom. The van der Waals surface area contributed by atoms with Crippen LogP contribution in [0.25, 0.3) is 0 Å². The number of nitrogens with one attached hydrogen (secondary N) is 1. The molecule has 208 valence electrons. The van der Waals surface area contributed by atoms with E-state index in [1.54, 1.807) is 44.9 Å². The lowest BCUT2D eigenvalue weighted by Crippen LogP contribution is -2.54. The third-order valence-corrected chi connectivity index (χ3v) is 7.62. The molecule has 1 saturated carbocycles. The Balaban J connectivity index is 1.46. The van der Waals surface area contributed by atoms with Crippen molar-refractivity contribution in [3.63, 3.8) is 0 Å². The molecule has 1 saturated heterocycles. The zero-order valence-corrected chi connectivity index (χ0v) is 23.2. The van der Waals surface area contributed by atoms with E-state index in [2.05, 4.69) is 5.32 Å². The van der Waals surface area contributed by atoms with Crippen LogP contribution in [0.5, 0.6) is 11.5 Å². The maximum atomic E-state index is 13.8. The Hall–Kier alpha value is -3.30. The first-order valence-corrected chi connectivity index (χ1v) is 13.4. The fourth-order valence-corrected chi connectivity index (χ4v) is 5.65. The number of hydrazone groups is 1. The number of amides is 3. The molecule has 0 bridgehead atoms. The van der Waals surface area contributed by atoms with E-state index in [0.717, 1.165) is 37.0 Å². The van der Waals surface area contributed by atoms with Crippen molar-refractivity contribution in [2.45, 2.75) is 77.4 Å². The molecular weight excluding hydrogens is 488 g/mol. The van der Waals surface area contributed by atoms with Gasteiger partial charge in [0.25, 0.3) is 0 Å². The van der Waals surface area contributed by atoms with Gasteiger partial charge in [-0.05, 0) is 64.7 Å². The van der Waals surface area contributed by atoms with Gasteiger partial charge >= 0.3 is 6.09 Å². The zero-order chi connectivity index (χ0) is 27.5. The Morgan fingerprint density at radius 1 is 1.08 bits per heavy atom. The summed E-state index contributed by atoms with van der Waals surface area (Å²) < 4.78 is 16.1. The van der Waals surface area contributed by atoms with Gasteiger partial charge in [0.15, 0.2) is 11.5 Å². The van der Waals surface area contributed by atoms with Gasteiger partial charge in [0.05, 0.1) is 31.4 Å². The molecule has 0 aromatic heterocycles. The van der Waals surface area contributed by atoms with Crippen molar-refractivity contribution in [1.29, 1.82) is 0 Å². The summed E-state index contributed by atoms with van der Waals surface area (Å²) in [6, 6.07) is 5.68. The maximum absolute atomic E-state index is 13.8. The van der Waals surface area contributed by atoms with Gasteiger partial charge in [-0.3, -0.25) is 9.59 Å². The average molecular weight is 529 g/mol. The average Bonchev–Trinajstić information content (AvgIpc) is 3.36. The minimum Gasteiger partial charge on any atom is -0.493 e. The Kier molecular flexibility index (Phi) is 8.18. The molecule has 1 aromatic rings. The zero-order valence-electron chi connectivity index (χ0n) is 23.2. The number of hydrogen-bond donors (Lipinski definition) is 1. The predicted molar refractivity (Wildman–Crippen MR) is 142 cm³/mol. The number of ether oxygens (including phenoxy) is 3. The molecule has 0 unspecified atom stereocenters. The second-order valence-corrected chi connectivity index (χ2v) is 11.4. The van der Waals surface area contributed by atoms with E-state index in [0.29, 0.717) is 43.9 Å². The van der Waals surface area contributed by atoms with Crippen LogP contribution >= 0.6 is 0 Å². The van der Waals surface area contributed by atoms with Crippen molar-refractivity contribution in [3.8, 4) is 11.5 Å². The van der Waals surface area contributed by atoms with E-state index >= 15 is 0 Å². The summed E-state index contributed by atoms with van der Waals surface area (Å²) in [4.78, 5) is 40.1. The number of likely N-dealkylation sites (tertiary alicyclic amines) is 1. The molecule has 1 aliphatic carbocycles. The smallest absolute Gasteiger partial charge is 0.408 e. The van der Waals surface area contributed by atoms with Crippen molar-refractivity contribution in [1.82, 2.24) is 15.2 Å². The van der Waals surface area contributed by atoms with E-state index in [9.17, 15) is 14.4 Å². The Morgan fingerprint density at radius 3 is 2.34 bits per heavy atom. The monoisotopic (exact) mass is 528 g/mol. The van der Waals surface area contributed by atoms with Crippen molar-refractivity contribution >= 4 is 23.6 Å². The molecule has 2 aliphatic heterocycles. The van der Waals surface area contributed by atoms with Crippen LogP contribution < -0.4 is 14.8 Å². The minimum atomic E-state index is -0.626. The molecule has 10 heteroatoms. The van der Waals surface area contributed by atoms with Crippen LogP contribution in [0, 0.1) is 5.41 Å². The van der Waals surface area contributed by atoms with Crippen molar-refractivity contribution < 1.29 is 28.6 Å². The Bertz CT molecular complexity index is 1080. The number of carbonyl (C=O) groups is 3. The fourth-order valence-electron chi connectivity index (χ4n) is 5.65. The highest BCUT2D eigenvalue weighted by atomic mass is 16.6. The van der Waals surface area contributed by atoms with Crippen molar-refractivity contribution in [2.75, 3.05) is 33.9 Å². The molecule has 10 nitrogen and oxygen atoms in total. The van der Waals surface area contributed by atoms with Gasteiger partial charge in [-0.2, -0.15) is 5.10 Å². The number of nitrogens with zero attached hydrogens (tertiary/aromatic N) is 3. The maximum Gasteiger partial charge on any atom is 0.408 e. The van der Waals surface area contributed by atoms with Crippen molar-refractivity contribution in [3.05, 3.63) is 23.8 Å². The molecule has 4 rings (SSSR count). The fraction of sp³-hybridized carbons (Fsp3) is 0.643. The molecule has 2 fully saturated rings. The van der Waals surface area contributed by atoms with Gasteiger partial charge < -0.3 is 24.4 Å². The highest BCUT2D eigenvalue weighted by Gasteiger charge is 2.49. The number of hydrogen-bond acceptors (Lipinski definition) is 7. The van der Waals surface area contributed by atoms with E-state index in [4.69, 9.17) is 19.3 Å². The number of alkyl carbamates (subject to hydrolysis) is 1. The lowest BCUT2D eigenvalue weighted by molar-refractivity contribution is -0.147. The normalized spacial score (nSPS) is 19.8. The second-order valence-electron chi connectivity index (χ2n) is 11.4. The summed E-state index contributed by atoms with van der Waals surface area (Å²) in [5.74, 6) is 1.22. The molecule has 1 aromatic carbocycles. The number of rotatable bonds is 6. The van der Waals surface area contributed by atoms with Gasteiger partial charge in [-0.25, -0.2) is 9.80 Å². The topological polar surface area (TPSA) is 110 Å². The van der Waals surface area contributed by atoms with Crippen LogP contribution in [-0.4, -0.2) is 79.0 Å². The van der Waals surface area contributed by atoms with Crippen LogP contribution in [0.3, 0.4) is 0 Å². The standard InChI is InChI=1S/C28H40N4O6/c1-27(2,3)38-26(35)29-18-24(33)31-14-10-20(11-15-31)32-25(34)28(12-6-7-13-28)17-21(30-32)19-8-9-22(36-4)23(16-19)37-5/h8-9,16,20H,6-7,10-15,17-18H2,1-5H3,(H,29,35). The highest BCUT2D eigenvalue weighted by molar-refractivity contribution is 6.06. The molecule has 1 N–H and O–H groups in total. The Labute approximate surface area is 224 Å². The first kappa shape index (κ1) is 27.7. The van der Waals surface area contributed by atoms with Gasteiger partial charge in [-0.15, -0.1) is 0 Å². The van der Waals surface area contributed by atoms with Gasteiger partial charge in [0.1, 0.15) is 12.1 Å². The number of methoxy groups -OCH3 is 2. The number of carbonyl (C=O) groups excluding carboxylic acids is 3. The first-order chi connectivity index (χ1) is 18.0. The largest absolute Gasteiger partial charge is 0.493 e. The molecule has 0 radical (unpaired) electrons. The van der Waals surface area contributed by atoms with Crippen LogP contribution in [-0.2, 0) is 14.3 Å². The molecule has 3 amide bonds. The summed E-state index contributed by atoms with van der Waals surface area (Å²) in [6.45, 7) is 6.20. The van der Waals surface area contributed by atoms with Gasteiger partial charge in [0, 0.05) is 25.1 Å². The quantitative estimate of drug-likeness (QED) is 0.603. The summed E-state index contributed by atoms with van der Waals surface area (Å²) in [7, 11) is 3.21. The molecule has 0 atom stereocenters. The highest BCUT2D eigenvalue weighted by Crippen LogP contribution is 2.47. The molecule has 2 heterocycles. The summed E-state index contributed by atoms with van der Waals surface area (Å²) in [5, 5.41) is 9.14. The predicted octanol–water partition coefficient (Wildman–Crippen LogP) is 3.72. The van der Waals surface area contributed by atoms with Crippen LogP contribution in [0.4, 0.5) is 4.79 Å². The number of benzene rings is 1. The molecule has 3 aliphatic rings. The van der Waals surface area contributed by atoms with Gasteiger partial charge in [-0.1, -0.05) is 12.8 Å². The summed E-state index contributed by atoms with van der Waals surface area (Å²) >= 11 is 0. The van der Waals surface area contributed by atoms with E-state index in [1.807, 2.05) is 18.2 Å². The summed E-state index contributed by atoms with van der Waals surface area (Å²) in [5.41, 5.74) is 0.758. The van der Waals surface area contributed by atoms with Gasteiger partial charge in [0.2, 0.25) is 11.8 Å². The second kappa shape index (κ2) is 11.2. The SMILES string of the molecule is COc1ccc(C2=NN(C3CCN(C(=O)CNC(=O)OC(C)(C)C)CC3)C(=O)C3(CCCC3)C2)cc1OC. The minimum absolute atomic E-state index is 0.0849. The van der Waals surface area contributed by atoms with Crippen LogP contribution in [0.1, 0.15) is 71.3 Å². The lowest BCUT2D eigenvalue weighted by Gasteiger charge is -2.43. The third-order valence-electron chi connectivity index (χ3n) is 7.62. The van der Waals surface area contributed by atoms with E-state index < -0.39 is 17.1 Å². The first-order valence-electron chi connectivity index (χ1n) is 13.4. The third kappa shape index (κ3) is 6.05. The van der Waals surface area contributed by atoms with Crippen LogP contribution in [0.2, 0.25) is 0 Å². The number of piperidine rings is 1. The molecule has 38 heavy (non-hydrogen) atoms. The summed E-state index contributed by atoms with van der Waals surface area (Å²) in [6.07, 6.45) is 5.06. The lowest BCUT2D eigenvalue weighted by atomic mass is 9.77. The van der Waals surface area contributed by atoms with E-state index in [1.165, 1.54) is 0 Å². The van der Waals surface area contributed by atoms with Crippen molar-refractivity contribution in [2.24, 2.45) is 10.5 Å².